The highest BCUT2D eigenvalue weighted by molar-refractivity contribution is 5.79. The summed E-state index contributed by atoms with van der Waals surface area (Å²) in [6, 6.07) is 8.04. The van der Waals surface area contributed by atoms with Gasteiger partial charge in [-0.1, -0.05) is 25.1 Å². The van der Waals surface area contributed by atoms with Crippen molar-refractivity contribution in [1.29, 1.82) is 0 Å². The van der Waals surface area contributed by atoms with Crippen molar-refractivity contribution in [1.82, 2.24) is 15.1 Å². The number of aromatic nitrogens is 2. The number of likely N-dealkylation sites (N-methyl/N-ethyl adjacent to an activating group) is 1. The normalized spacial score (nSPS) is 14.3. The Morgan fingerprint density at radius 3 is 2.85 bits per heavy atom. The summed E-state index contributed by atoms with van der Waals surface area (Å²) in [5.41, 5.74) is 0.262. The van der Waals surface area contributed by atoms with Crippen molar-refractivity contribution in [3.63, 3.8) is 0 Å². The number of carboxylic acids is 1. The van der Waals surface area contributed by atoms with E-state index in [2.05, 4.69) is 10.4 Å². The van der Waals surface area contributed by atoms with Gasteiger partial charge in [0.1, 0.15) is 5.54 Å². The van der Waals surface area contributed by atoms with Gasteiger partial charge in [0.15, 0.2) is 0 Å². The largest absolute Gasteiger partial charge is 0.480 e. The number of hydrogen-bond donors (Lipinski definition) is 2. The molecule has 2 N–H and O–H groups in total. The molecule has 0 aliphatic rings. The smallest absolute Gasteiger partial charge is 0.323 e. The van der Waals surface area contributed by atoms with Crippen molar-refractivity contribution < 1.29 is 9.90 Å². The number of carbonyl (C=O) groups is 1. The van der Waals surface area contributed by atoms with E-state index in [1.807, 2.05) is 42.1 Å². The second-order valence-electron chi connectivity index (χ2n) is 5.02. The Morgan fingerprint density at radius 1 is 1.45 bits per heavy atom. The minimum absolute atomic E-state index is 0.568. The van der Waals surface area contributed by atoms with Crippen LogP contribution < -0.4 is 5.32 Å². The van der Waals surface area contributed by atoms with Crippen molar-refractivity contribution in [3.8, 4) is 0 Å². The number of carboxylic acid groups (broad SMARTS) is 1. The molecule has 0 spiro atoms. The quantitative estimate of drug-likeness (QED) is 0.813. The second-order valence-corrected chi connectivity index (χ2v) is 5.02. The van der Waals surface area contributed by atoms with Gasteiger partial charge in [-0.15, -0.1) is 0 Å². The molecule has 1 atom stereocenters. The number of fused-ring (bicyclic) bond motifs is 1. The van der Waals surface area contributed by atoms with Crippen LogP contribution >= 0.6 is 0 Å². The van der Waals surface area contributed by atoms with E-state index >= 15 is 0 Å². The fraction of sp³-hybridized carbons (Fsp3) is 0.467. The zero-order valence-corrected chi connectivity index (χ0v) is 12.0. The van der Waals surface area contributed by atoms with Gasteiger partial charge >= 0.3 is 5.97 Å². The zero-order valence-electron chi connectivity index (χ0n) is 12.0. The molecule has 1 aromatic carbocycles. The summed E-state index contributed by atoms with van der Waals surface area (Å²) >= 11 is 0. The Balaban J connectivity index is 2.04. The van der Waals surface area contributed by atoms with Gasteiger partial charge in [0.2, 0.25) is 0 Å². The van der Waals surface area contributed by atoms with Gasteiger partial charge in [-0.2, -0.15) is 5.10 Å². The molecular formula is C15H21N3O2. The first kappa shape index (κ1) is 14.5. The van der Waals surface area contributed by atoms with Crippen LogP contribution in [0.2, 0.25) is 0 Å². The lowest BCUT2D eigenvalue weighted by Crippen LogP contribution is -2.49. The molecule has 5 nitrogen and oxygen atoms in total. The lowest BCUT2D eigenvalue weighted by molar-refractivity contribution is -0.145. The summed E-state index contributed by atoms with van der Waals surface area (Å²) in [4.78, 5) is 11.4. The summed E-state index contributed by atoms with van der Waals surface area (Å²) in [6.07, 6.45) is 3.77. The first-order chi connectivity index (χ1) is 9.63. The Hall–Kier alpha value is -1.88. The molecule has 0 aliphatic heterocycles. The number of hydrogen-bond acceptors (Lipinski definition) is 3. The van der Waals surface area contributed by atoms with Gasteiger partial charge < -0.3 is 10.4 Å². The summed E-state index contributed by atoms with van der Waals surface area (Å²) in [5, 5.41) is 17.8. The predicted molar refractivity (Wildman–Crippen MR) is 78.7 cm³/mol. The first-order valence-electron chi connectivity index (χ1n) is 6.96. The number of nitrogens with zero attached hydrogens (tertiary/aromatic N) is 2. The SMILES string of the molecule is CCC(CCCn1ncc2ccccc21)(NC)C(=O)O. The average molecular weight is 275 g/mol. The molecule has 1 heterocycles. The van der Waals surface area contributed by atoms with E-state index in [1.165, 1.54) is 0 Å². The molecule has 108 valence electrons. The van der Waals surface area contributed by atoms with Crippen LogP contribution in [0.25, 0.3) is 10.9 Å². The number of nitrogens with one attached hydrogen (secondary N) is 1. The first-order valence-corrected chi connectivity index (χ1v) is 6.96. The molecule has 20 heavy (non-hydrogen) atoms. The monoisotopic (exact) mass is 275 g/mol. The molecule has 0 radical (unpaired) electrons. The Bertz CT molecular complexity index is 588. The van der Waals surface area contributed by atoms with E-state index in [0.717, 1.165) is 23.9 Å². The number of aliphatic carboxylic acids is 1. The van der Waals surface area contributed by atoms with Crippen LogP contribution in [0.1, 0.15) is 26.2 Å². The number of para-hydroxylation sites is 1. The van der Waals surface area contributed by atoms with E-state index in [1.54, 1.807) is 7.05 Å². The molecule has 2 aromatic rings. The highest BCUT2D eigenvalue weighted by atomic mass is 16.4. The predicted octanol–water partition coefficient (Wildman–Crippen LogP) is 2.27. The third-order valence-corrected chi connectivity index (χ3v) is 4.02. The zero-order chi connectivity index (χ0) is 14.6. The van der Waals surface area contributed by atoms with Crippen LogP contribution in [0, 0.1) is 0 Å². The van der Waals surface area contributed by atoms with Gasteiger partial charge in [-0.05, 0) is 32.4 Å². The van der Waals surface area contributed by atoms with Gasteiger partial charge in [0.25, 0.3) is 0 Å². The fourth-order valence-electron chi connectivity index (χ4n) is 2.58. The molecule has 0 aliphatic carbocycles. The number of aryl methyl sites for hydroxylation is 1. The second kappa shape index (κ2) is 6.05. The Kier molecular flexibility index (Phi) is 4.39. The molecular weight excluding hydrogens is 254 g/mol. The van der Waals surface area contributed by atoms with E-state index in [9.17, 15) is 9.90 Å². The van der Waals surface area contributed by atoms with Crippen molar-refractivity contribution in [3.05, 3.63) is 30.5 Å². The Labute approximate surface area is 118 Å². The topological polar surface area (TPSA) is 67.2 Å². The van der Waals surface area contributed by atoms with Gasteiger partial charge in [-0.3, -0.25) is 9.48 Å². The molecule has 5 heteroatoms. The van der Waals surface area contributed by atoms with Crippen LogP contribution in [0.15, 0.2) is 30.5 Å². The fourth-order valence-corrected chi connectivity index (χ4v) is 2.58. The summed E-state index contributed by atoms with van der Waals surface area (Å²) in [5.74, 6) is -0.784. The van der Waals surface area contributed by atoms with Gasteiger partial charge in [0.05, 0.1) is 11.7 Å². The van der Waals surface area contributed by atoms with Crippen LogP contribution in [0.5, 0.6) is 0 Å². The van der Waals surface area contributed by atoms with Crippen molar-refractivity contribution in [2.75, 3.05) is 7.05 Å². The third kappa shape index (κ3) is 2.67. The van der Waals surface area contributed by atoms with Crippen LogP contribution in [0.4, 0.5) is 0 Å². The molecule has 0 saturated heterocycles. The van der Waals surface area contributed by atoms with Gasteiger partial charge in [0, 0.05) is 11.9 Å². The lowest BCUT2D eigenvalue weighted by atomic mass is 9.90. The van der Waals surface area contributed by atoms with Crippen LogP contribution in [-0.4, -0.2) is 33.4 Å². The average Bonchev–Trinajstić information content (AvgIpc) is 2.87. The molecule has 1 aromatic heterocycles. The molecule has 0 fully saturated rings. The number of benzene rings is 1. The van der Waals surface area contributed by atoms with E-state index < -0.39 is 11.5 Å². The summed E-state index contributed by atoms with van der Waals surface area (Å²) < 4.78 is 1.94. The highest BCUT2D eigenvalue weighted by Gasteiger charge is 2.34. The molecule has 0 bridgehead atoms. The minimum Gasteiger partial charge on any atom is -0.480 e. The summed E-state index contributed by atoms with van der Waals surface area (Å²) in [6.45, 7) is 2.62. The van der Waals surface area contributed by atoms with Gasteiger partial charge in [-0.25, -0.2) is 0 Å². The molecule has 1 unspecified atom stereocenters. The van der Waals surface area contributed by atoms with E-state index in [-0.39, 0.29) is 0 Å². The molecule has 0 amide bonds. The van der Waals surface area contributed by atoms with Crippen molar-refractivity contribution >= 4 is 16.9 Å². The third-order valence-electron chi connectivity index (χ3n) is 4.02. The van der Waals surface area contributed by atoms with E-state index in [4.69, 9.17) is 0 Å². The maximum atomic E-state index is 11.4. The molecule has 0 saturated carbocycles. The lowest BCUT2D eigenvalue weighted by Gasteiger charge is -2.27. The number of rotatable bonds is 7. The molecule has 2 rings (SSSR count). The standard InChI is InChI=1S/C15H21N3O2/c1-3-15(16-2,14(19)20)9-6-10-18-13-8-5-4-7-12(13)11-17-18/h4-5,7-8,11,16H,3,6,9-10H2,1-2H3,(H,19,20). The maximum Gasteiger partial charge on any atom is 0.323 e. The van der Waals surface area contributed by atoms with Crippen molar-refractivity contribution in [2.45, 2.75) is 38.3 Å². The van der Waals surface area contributed by atoms with Crippen LogP contribution in [0.3, 0.4) is 0 Å². The minimum atomic E-state index is -0.830. The van der Waals surface area contributed by atoms with Crippen LogP contribution in [-0.2, 0) is 11.3 Å². The highest BCUT2D eigenvalue weighted by Crippen LogP contribution is 2.19. The maximum absolute atomic E-state index is 11.4. The van der Waals surface area contributed by atoms with Crippen molar-refractivity contribution in [2.24, 2.45) is 0 Å². The van der Waals surface area contributed by atoms with E-state index in [0.29, 0.717) is 12.8 Å². The summed E-state index contributed by atoms with van der Waals surface area (Å²) in [7, 11) is 1.71. The Morgan fingerprint density at radius 2 is 2.20 bits per heavy atom.